The molecule has 0 bridgehead atoms. The molecule has 1 saturated heterocycles. The zero-order valence-electron chi connectivity index (χ0n) is 13.5. The number of hydrogen-bond donors (Lipinski definition) is 0. The van der Waals surface area contributed by atoms with Gasteiger partial charge in [0, 0.05) is 31.2 Å². The second-order valence-electron chi connectivity index (χ2n) is 6.30. The first-order valence-corrected chi connectivity index (χ1v) is 8.29. The van der Waals surface area contributed by atoms with Crippen LogP contribution in [0.5, 0.6) is 0 Å². The predicted octanol–water partition coefficient (Wildman–Crippen LogP) is 3.40. The number of amides is 1. The van der Waals surface area contributed by atoms with Crippen LogP contribution in [0.2, 0.25) is 0 Å². The molecule has 0 aromatic heterocycles. The van der Waals surface area contributed by atoms with Crippen LogP contribution in [0, 0.1) is 0 Å². The van der Waals surface area contributed by atoms with Gasteiger partial charge in [-0.1, -0.05) is 35.4 Å². The molecular formula is C20H20N3O+. The van der Waals surface area contributed by atoms with Crippen molar-refractivity contribution in [1.29, 1.82) is 0 Å². The molecule has 0 spiro atoms. The van der Waals surface area contributed by atoms with Crippen molar-refractivity contribution in [2.75, 3.05) is 13.1 Å². The minimum absolute atomic E-state index is 0.271. The molecule has 0 N–H and O–H groups in total. The quantitative estimate of drug-likeness (QED) is 0.628. The fraction of sp³-hybridized carbons (Fsp3) is 0.200. The predicted molar refractivity (Wildman–Crippen MR) is 97.3 cm³/mol. The summed E-state index contributed by atoms with van der Waals surface area (Å²) < 4.78 is 0.458. The topological polar surface area (TPSA) is 32.7 Å². The number of quaternary nitrogens is 1. The molecule has 120 valence electrons. The molecule has 2 aliphatic heterocycles. The molecule has 0 radical (unpaired) electrons. The average molecular weight is 318 g/mol. The first kappa shape index (κ1) is 14.8. The van der Waals surface area contributed by atoms with E-state index in [0.717, 1.165) is 31.6 Å². The van der Waals surface area contributed by atoms with Gasteiger partial charge in [0.2, 0.25) is 6.41 Å². The molecule has 2 aliphatic rings. The van der Waals surface area contributed by atoms with Crippen LogP contribution in [0.4, 0.5) is 5.69 Å². The highest BCUT2D eigenvalue weighted by Gasteiger charge is 2.43. The Balaban J connectivity index is 1.67. The van der Waals surface area contributed by atoms with Crippen molar-refractivity contribution in [3.8, 4) is 11.1 Å². The van der Waals surface area contributed by atoms with E-state index in [1.165, 1.54) is 11.1 Å². The van der Waals surface area contributed by atoms with Crippen molar-refractivity contribution in [2.24, 2.45) is 5.10 Å². The maximum atomic E-state index is 11.1. The highest BCUT2D eigenvalue weighted by atomic mass is 16.1. The van der Waals surface area contributed by atoms with Gasteiger partial charge in [0.05, 0.1) is 12.8 Å². The summed E-state index contributed by atoms with van der Waals surface area (Å²) in [5.74, 6) is 0. The molecule has 0 aliphatic carbocycles. The Kier molecular flexibility index (Phi) is 3.75. The summed E-state index contributed by atoms with van der Waals surface area (Å²) in [6.45, 7) is 1.55. The van der Waals surface area contributed by atoms with Gasteiger partial charge in [0.25, 0.3) is 0 Å². The number of hydrogen-bond acceptors (Lipinski definition) is 2. The average Bonchev–Trinajstić information content (AvgIpc) is 3.33. The first-order valence-electron chi connectivity index (χ1n) is 8.29. The summed E-state index contributed by atoms with van der Waals surface area (Å²) in [6.07, 6.45) is 7.87. The highest BCUT2D eigenvalue weighted by molar-refractivity contribution is 5.76. The fourth-order valence-corrected chi connectivity index (χ4v) is 3.64. The van der Waals surface area contributed by atoms with Crippen LogP contribution in [-0.4, -0.2) is 36.7 Å². The lowest BCUT2D eigenvalue weighted by Crippen LogP contribution is -2.48. The molecule has 4 rings (SSSR count). The molecule has 1 amide bonds. The van der Waals surface area contributed by atoms with Gasteiger partial charge in [0.1, 0.15) is 12.2 Å². The zero-order valence-corrected chi connectivity index (χ0v) is 13.5. The molecule has 2 aromatic carbocycles. The van der Waals surface area contributed by atoms with Crippen LogP contribution in [-0.2, 0) is 4.79 Å². The summed E-state index contributed by atoms with van der Waals surface area (Å²) in [7, 11) is 0. The Morgan fingerprint density at radius 2 is 1.79 bits per heavy atom. The lowest BCUT2D eigenvalue weighted by Gasteiger charge is -2.31. The Bertz CT molecular complexity index is 768. The molecule has 4 heteroatoms. The fourth-order valence-electron chi connectivity index (χ4n) is 3.64. The molecule has 2 unspecified atom stereocenters. The minimum Gasteiger partial charge on any atom is -0.339 e. The molecule has 4 nitrogen and oxygen atoms in total. The number of allylic oxidation sites excluding steroid dienone is 1. The third-order valence-electron chi connectivity index (χ3n) is 4.95. The Hall–Kier alpha value is -2.72. The van der Waals surface area contributed by atoms with Crippen molar-refractivity contribution in [2.45, 2.75) is 12.5 Å². The Labute approximate surface area is 141 Å². The van der Waals surface area contributed by atoms with Crippen molar-refractivity contribution < 1.29 is 4.79 Å². The Morgan fingerprint density at radius 3 is 2.42 bits per heavy atom. The second kappa shape index (κ2) is 6.06. The molecular weight excluding hydrogens is 298 g/mol. The minimum atomic E-state index is 0.271. The van der Waals surface area contributed by atoms with Crippen LogP contribution in [0.3, 0.4) is 0 Å². The SMILES string of the molecule is O=CN1CCC([N+]2(c3ccc(-c4ccccc4)cc3)C=CC=N2)C1. The number of rotatable bonds is 4. The van der Waals surface area contributed by atoms with E-state index in [0.29, 0.717) is 4.59 Å². The lowest BCUT2D eigenvalue weighted by molar-refractivity contribution is -0.117. The highest BCUT2D eigenvalue weighted by Crippen LogP contribution is 2.35. The van der Waals surface area contributed by atoms with Crippen LogP contribution in [0.1, 0.15) is 6.42 Å². The van der Waals surface area contributed by atoms with Crippen LogP contribution in [0.15, 0.2) is 72.0 Å². The summed E-state index contributed by atoms with van der Waals surface area (Å²) in [6, 6.07) is 19.2. The van der Waals surface area contributed by atoms with Gasteiger partial charge in [-0.3, -0.25) is 4.79 Å². The molecule has 2 aromatic rings. The van der Waals surface area contributed by atoms with E-state index in [1.807, 2.05) is 23.3 Å². The maximum absolute atomic E-state index is 11.1. The second-order valence-corrected chi connectivity index (χ2v) is 6.30. The van der Waals surface area contributed by atoms with E-state index >= 15 is 0 Å². The third-order valence-corrected chi connectivity index (χ3v) is 4.95. The van der Waals surface area contributed by atoms with Crippen LogP contribution < -0.4 is 4.59 Å². The van der Waals surface area contributed by atoms with Gasteiger partial charge in [0.15, 0.2) is 5.69 Å². The number of carbonyl (C=O) groups excluding carboxylic acids is 1. The lowest BCUT2D eigenvalue weighted by atomic mass is 10.0. The molecule has 1 fully saturated rings. The number of benzene rings is 2. The zero-order chi connectivity index (χ0) is 16.4. The molecule has 0 saturated carbocycles. The largest absolute Gasteiger partial charge is 0.339 e. The molecule has 24 heavy (non-hydrogen) atoms. The standard InChI is InChI=1S/C20H20N3O/c24-16-22-13-11-20(15-22)23(14-4-12-21-23)19-9-7-18(8-10-19)17-5-2-1-3-6-17/h1-10,12,14,16,20H,11,13,15H2/q+1. The summed E-state index contributed by atoms with van der Waals surface area (Å²) in [4.78, 5) is 12.9. The third kappa shape index (κ3) is 2.45. The molecule has 2 atom stereocenters. The van der Waals surface area contributed by atoms with Gasteiger partial charge in [-0.15, -0.1) is 4.59 Å². The summed E-state index contributed by atoms with van der Waals surface area (Å²) in [5.41, 5.74) is 3.55. The van der Waals surface area contributed by atoms with E-state index in [1.54, 1.807) is 0 Å². The van der Waals surface area contributed by atoms with Crippen molar-refractivity contribution >= 4 is 18.3 Å². The van der Waals surface area contributed by atoms with E-state index in [9.17, 15) is 4.79 Å². The van der Waals surface area contributed by atoms with Crippen LogP contribution in [0.25, 0.3) is 11.1 Å². The van der Waals surface area contributed by atoms with E-state index < -0.39 is 0 Å². The maximum Gasteiger partial charge on any atom is 0.209 e. The van der Waals surface area contributed by atoms with E-state index in [2.05, 4.69) is 54.7 Å². The van der Waals surface area contributed by atoms with Gasteiger partial charge >= 0.3 is 0 Å². The van der Waals surface area contributed by atoms with E-state index in [4.69, 9.17) is 5.10 Å². The van der Waals surface area contributed by atoms with Gasteiger partial charge in [-0.05, 0) is 23.3 Å². The van der Waals surface area contributed by atoms with Crippen LogP contribution >= 0.6 is 0 Å². The van der Waals surface area contributed by atoms with Crippen molar-refractivity contribution in [3.63, 3.8) is 0 Å². The smallest absolute Gasteiger partial charge is 0.209 e. The number of likely N-dealkylation sites (tertiary alicyclic amines) is 1. The Morgan fingerprint density at radius 1 is 1.04 bits per heavy atom. The first-order chi connectivity index (χ1) is 11.8. The van der Waals surface area contributed by atoms with Crippen molar-refractivity contribution in [3.05, 3.63) is 66.9 Å². The normalized spacial score (nSPS) is 25.3. The number of carbonyl (C=O) groups is 1. The summed E-state index contributed by atoms with van der Waals surface area (Å²) in [5, 5.41) is 4.75. The molecule has 2 heterocycles. The van der Waals surface area contributed by atoms with Gasteiger partial charge in [-0.25, -0.2) is 0 Å². The van der Waals surface area contributed by atoms with Crippen molar-refractivity contribution in [1.82, 2.24) is 9.49 Å². The van der Waals surface area contributed by atoms with Gasteiger partial charge in [-0.2, -0.15) is 0 Å². The summed E-state index contributed by atoms with van der Waals surface area (Å²) >= 11 is 0. The monoisotopic (exact) mass is 318 g/mol. The number of nitrogens with zero attached hydrogens (tertiary/aromatic N) is 3. The van der Waals surface area contributed by atoms with E-state index in [-0.39, 0.29) is 6.04 Å². The van der Waals surface area contributed by atoms with Gasteiger partial charge < -0.3 is 4.90 Å².